The normalized spacial score (nSPS) is 19.6. The van der Waals surface area contributed by atoms with E-state index in [1.807, 2.05) is 54.6 Å². The van der Waals surface area contributed by atoms with Gasteiger partial charge in [0.1, 0.15) is 11.2 Å². The molecule has 2 aromatic rings. The molecular weight excluding hydrogens is 374 g/mol. The summed E-state index contributed by atoms with van der Waals surface area (Å²) in [5.74, 6) is 0.339. The van der Waals surface area contributed by atoms with E-state index in [2.05, 4.69) is 5.32 Å². The molecule has 1 amide bonds. The van der Waals surface area contributed by atoms with Crippen molar-refractivity contribution >= 4 is 17.7 Å². The first-order valence-corrected chi connectivity index (χ1v) is 10.4. The van der Waals surface area contributed by atoms with Gasteiger partial charge in [-0.05, 0) is 43.0 Å². The molecule has 2 aromatic carbocycles. The van der Waals surface area contributed by atoms with E-state index in [-0.39, 0.29) is 17.4 Å². The summed E-state index contributed by atoms with van der Waals surface area (Å²) < 4.78 is 11.3. The molecule has 28 heavy (non-hydrogen) atoms. The Labute approximate surface area is 170 Å². The first kappa shape index (κ1) is 20.7. The Kier molecular flexibility index (Phi) is 7.33. The third-order valence-electron chi connectivity index (χ3n) is 4.56. The van der Waals surface area contributed by atoms with Gasteiger partial charge in [-0.1, -0.05) is 42.5 Å². The standard InChI is InChI=1S/C21H27N3O3S/c1-14(20(25)24-21(23)28-19(22)18-8-5-13-26-18)27-17-11-9-16(10-12-17)15-6-3-2-4-7-15/h2-4,6-7,9-12,14,18-19,21H,5,8,13,22-23H2,1H3,(H,24,25). The summed E-state index contributed by atoms with van der Waals surface area (Å²) in [6.07, 6.45) is 1.25. The lowest BCUT2D eigenvalue weighted by atomic mass is 10.1. The van der Waals surface area contributed by atoms with Crippen molar-refractivity contribution < 1.29 is 14.3 Å². The number of carbonyl (C=O) groups is 1. The zero-order chi connectivity index (χ0) is 19.9. The lowest BCUT2D eigenvalue weighted by molar-refractivity contribution is -0.127. The molecule has 0 aromatic heterocycles. The van der Waals surface area contributed by atoms with Crippen LogP contribution in [0, 0.1) is 0 Å². The molecule has 1 fully saturated rings. The number of thioether (sulfide) groups is 1. The van der Waals surface area contributed by atoms with Crippen LogP contribution >= 0.6 is 11.8 Å². The molecule has 1 aliphatic rings. The van der Waals surface area contributed by atoms with Gasteiger partial charge in [0.2, 0.25) is 0 Å². The third-order valence-corrected chi connectivity index (χ3v) is 5.59. The van der Waals surface area contributed by atoms with Gasteiger partial charge < -0.3 is 26.3 Å². The van der Waals surface area contributed by atoms with Gasteiger partial charge >= 0.3 is 0 Å². The molecule has 150 valence electrons. The maximum absolute atomic E-state index is 12.3. The van der Waals surface area contributed by atoms with Crippen LogP contribution in [0.2, 0.25) is 0 Å². The molecule has 0 bridgehead atoms. The van der Waals surface area contributed by atoms with E-state index < -0.39 is 11.6 Å². The molecule has 1 heterocycles. The quantitative estimate of drug-likeness (QED) is 0.588. The highest BCUT2D eigenvalue weighted by molar-refractivity contribution is 8.00. The summed E-state index contributed by atoms with van der Waals surface area (Å²) in [6.45, 7) is 2.42. The van der Waals surface area contributed by atoms with Crippen molar-refractivity contribution in [1.82, 2.24) is 5.32 Å². The highest BCUT2D eigenvalue weighted by atomic mass is 32.2. The van der Waals surface area contributed by atoms with Crippen LogP contribution in [0.5, 0.6) is 5.75 Å². The monoisotopic (exact) mass is 401 g/mol. The third kappa shape index (κ3) is 5.72. The van der Waals surface area contributed by atoms with E-state index in [1.54, 1.807) is 6.92 Å². The second-order valence-corrected chi connectivity index (χ2v) is 8.06. The Hall–Kier alpha value is -2.06. The van der Waals surface area contributed by atoms with Crippen LogP contribution < -0.4 is 21.5 Å². The van der Waals surface area contributed by atoms with Crippen LogP contribution in [0.1, 0.15) is 19.8 Å². The second-order valence-electron chi connectivity index (χ2n) is 6.73. The van der Waals surface area contributed by atoms with E-state index in [9.17, 15) is 4.79 Å². The van der Waals surface area contributed by atoms with Gasteiger partial charge in [-0.25, -0.2) is 0 Å². The molecule has 1 aliphatic heterocycles. The minimum Gasteiger partial charge on any atom is -0.481 e. The van der Waals surface area contributed by atoms with Crippen LogP contribution in [-0.4, -0.2) is 35.6 Å². The number of benzene rings is 2. The molecule has 6 nitrogen and oxygen atoms in total. The predicted octanol–water partition coefficient (Wildman–Crippen LogP) is 2.68. The van der Waals surface area contributed by atoms with Gasteiger partial charge in [-0.2, -0.15) is 0 Å². The van der Waals surface area contributed by atoms with Gasteiger partial charge in [0.05, 0.1) is 11.5 Å². The number of nitrogens with two attached hydrogens (primary N) is 2. The van der Waals surface area contributed by atoms with Crippen molar-refractivity contribution in [2.24, 2.45) is 11.5 Å². The number of hydrogen-bond donors (Lipinski definition) is 3. The Morgan fingerprint density at radius 2 is 1.82 bits per heavy atom. The number of amides is 1. The smallest absolute Gasteiger partial charge is 0.262 e. The van der Waals surface area contributed by atoms with E-state index in [0.717, 1.165) is 30.6 Å². The number of carbonyl (C=O) groups excluding carboxylic acids is 1. The molecule has 5 N–H and O–H groups in total. The van der Waals surface area contributed by atoms with Crippen molar-refractivity contribution in [3.8, 4) is 16.9 Å². The van der Waals surface area contributed by atoms with Crippen LogP contribution in [0.4, 0.5) is 0 Å². The summed E-state index contributed by atoms with van der Waals surface area (Å²) in [5, 5.41) is 2.47. The molecular formula is C21H27N3O3S. The fourth-order valence-corrected chi connectivity index (χ4v) is 3.94. The molecule has 1 saturated heterocycles. The van der Waals surface area contributed by atoms with Gasteiger partial charge in [0, 0.05) is 6.61 Å². The van der Waals surface area contributed by atoms with Crippen LogP contribution in [0.15, 0.2) is 54.6 Å². The van der Waals surface area contributed by atoms with Gasteiger partial charge in [0.15, 0.2) is 6.10 Å². The average molecular weight is 402 g/mol. The highest BCUT2D eigenvalue weighted by Gasteiger charge is 2.26. The van der Waals surface area contributed by atoms with Crippen molar-refractivity contribution in [1.29, 1.82) is 0 Å². The van der Waals surface area contributed by atoms with Crippen molar-refractivity contribution in [3.63, 3.8) is 0 Å². The Bertz CT molecular complexity index is 751. The van der Waals surface area contributed by atoms with E-state index in [4.69, 9.17) is 20.9 Å². The molecule has 0 radical (unpaired) electrons. The Morgan fingerprint density at radius 1 is 1.14 bits per heavy atom. The molecule has 7 heteroatoms. The number of hydrogen-bond acceptors (Lipinski definition) is 6. The average Bonchev–Trinajstić information content (AvgIpc) is 3.24. The SMILES string of the molecule is CC(Oc1ccc(-c2ccccc2)cc1)C(=O)NC(N)SC(N)C1CCCO1. The number of nitrogens with one attached hydrogen (secondary N) is 1. The summed E-state index contributed by atoms with van der Waals surface area (Å²) in [4.78, 5) is 12.3. The second kappa shape index (κ2) is 9.93. The lowest BCUT2D eigenvalue weighted by Gasteiger charge is -2.23. The van der Waals surface area contributed by atoms with Crippen molar-refractivity contribution in [3.05, 3.63) is 54.6 Å². The summed E-state index contributed by atoms with van der Waals surface area (Å²) in [7, 11) is 0. The fraction of sp³-hybridized carbons (Fsp3) is 0.381. The van der Waals surface area contributed by atoms with Crippen molar-refractivity contribution in [2.75, 3.05) is 6.61 Å². The van der Waals surface area contributed by atoms with E-state index in [1.165, 1.54) is 11.8 Å². The lowest BCUT2D eigenvalue weighted by Crippen LogP contribution is -2.47. The minimum absolute atomic E-state index is 0.00949. The first-order chi connectivity index (χ1) is 13.5. The molecule has 0 aliphatic carbocycles. The number of rotatable bonds is 8. The van der Waals surface area contributed by atoms with E-state index in [0.29, 0.717) is 5.75 Å². The summed E-state index contributed by atoms with van der Waals surface area (Å²) >= 11 is 1.29. The topological polar surface area (TPSA) is 99.6 Å². The van der Waals surface area contributed by atoms with Gasteiger partial charge in [-0.15, -0.1) is 11.8 Å². The molecule has 3 rings (SSSR count). The largest absolute Gasteiger partial charge is 0.481 e. The maximum Gasteiger partial charge on any atom is 0.262 e. The van der Waals surface area contributed by atoms with Crippen LogP contribution in [-0.2, 0) is 9.53 Å². The zero-order valence-corrected chi connectivity index (χ0v) is 16.7. The first-order valence-electron chi connectivity index (χ1n) is 9.43. The molecule has 4 unspecified atom stereocenters. The molecule has 4 atom stereocenters. The summed E-state index contributed by atoms with van der Waals surface area (Å²) in [6, 6.07) is 17.7. The van der Waals surface area contributed by atoms with Crippen molar-refractivity contribution in [2.45, 2.75) is 42.8 Å². The zero-order valence-electron chi connectivity index (χ0n) is 15.9. The minimum atomic E-state index is -0.673. The Morgan fingerprint density at radius 3 is 2.46 bits per heavy atom. The molecule has 0 spiro atoms. The highest BCUT2D eigenvalue weighted by Crippen LogP contribution is 2.24. The maximum atomic E-state index is 12.3. The number of ether oxygens (including phenoxy) is 2. The van der Waals surface area contributed by atoms with E-state index >= 15 is 0 Å². The Balaban J connectivity index is 1.48. The fourth-order valence-electron chi connectivity index (χ4n) is 3.02. The molecule has 0 saturated carbocycles. The predicted molar refractivity (Wildman–Crippen MR) is 113 cm³/mol. The van der Waals surface area contributed by atoms with Crippen LogP contribution in [0.3, 0.4) is 0 Å². The van der Waals surface area contributed by atoms with Crippen LogP contribution in [0.25, 0.3) is 11.1 Å². The van der Waals surface area contributed by atoms with Gasteiger partial charge in [0.25, 0.3) is 5.91 Å². The summed E-state index contributed by atoms with van der Waals surface area (Å²) in [5.41, 5.74) is 13.7. The van der Waals surface area contributed by atoms with Gasteiger partial charge in [-0.3, -0.25) is 4.79 Å².